The first-order valence-electron chi connectivity index (χ1n) is 4.69. The lowest BCUT2D eigenvalue weighted by molar-refractivity contribution is -0.146. The number of hydrogen-bond donors (Lipinski definition) is 1. The van der Waals surface area contributed by atoms with Crippen molar-refractivity contribution in [1.29, 1.82) is 0 Å². The smallest absolute Gasteiger partial charge is 0.479 e. The van der Waals surface area contributed by atoms with Gasteiger partial charge < -0.3 is 5.11 Å². The third kappa shape index (κ3) is 5.35. The summed E-state index contributed by atoms with van der Waals surface area (Å²) >= 11 is 0. The number of halogens is 3. The summed E-state index contributed by atoms with van der Waals surface area (Å²) in [5.41, 5.74) is -5.61. The van der Waals surface area contributed by atoms with E-state index < -0.39 is 27.7 Å². The lowest BCUT2D eigenvalue weighted by atomic mass is 10.1. The first-order chi connectivity index (χ1) is 7.47. The van der Waals surface area contributed by atoms with Crippen LogP contribution < -0.4 is 0 Å². The Hall–Kier alpha value is -0.830. The van der Waals surface area contributed by atoms with E-state index in [1.807, 2.05) is 0 Å². The molecule has 0 aromatic carbocycles. The second-order valence-corrected chi connectivity index (χ2v) is 5.36. The van der Waals surface area contributed by atoms with Crippen LogP contribution in [0.4, 0.5) is 13.2 Å². The van der Waals surface area contributed by atoms with Gasteiger partial charge in [-0.25, -0.2) is 8.98 Å². The highest BCUT2D eigenvalue weighted by Gasteiger charge is 2.49. The molecule has 0 saturated carbocycles. The molecule has 0 radical (unpaired) electrons. The number of aliphatic carboxylic acids is 1. The van der Waals surface area contributed by atoms with Crippen LogP contribution in [0.15, 0.2) is 0 Å². The number of hydrogen-bond acceptors (Lipinski definition) is 4. The van der Waals surface area contributed by atoms with Crippen molar-refractivity contribution in [2.24, 2.45) is 5.92 Å². The number of alkyl halides is 3. The first-order valence-corrected chi connectivity index (χ1v) is 6.10. The predicted molar refractivity (Wildman–Crippen MR) is 51.6 cm³/mol. The zero-order valence-electron chi connectivity index (χ0n) is 9.19. The van der Waals surface area contributed by atoms with Crippen LogP contribution in [0.25, 0.3) is 0 Å². The van der Waals surface area contributed by atoms with Crippen LogP contribution in [-0.2, 0) is 19.1 Å². The van der Waals surface area contributed by atoms with E-state index in [0.29, 0.717) is 0 Å². The van der Waals surface area contributed by atoms with Crippen LogP contribution >= 0.6 is 0 Å². The van der Waals surface area contributed by atoms with Crippen molar-refractivity contribution in [2.45, 2.75) is 38.3 Å². The number of rotatable bonds is 6. The second-order valence-electron chi connectivity index (χ2n) is 3.79. The van der Waals surface area contributed by atoms with Gasteiger partial charge in [-0.15, -0.1) is 0 Å². The molecule has 1 atom stereocenters. The number of carbonyl (C=O) groups is 1. The maximum absolute atomic E-state index is 12.0. The summed E-state index contributed by atoms with van der Waals surface area (Å²) in [7, 11) is -5.87. The molecule has 0 bridgehead atoms. The maximum atomic E-state index is 12.0. The number of carboxylic acids is 1. The fourth-order valence-corrected chi connectivity index (χ4v) is 1.50. The first kappa shape index (κ1) is 16.2. The summed E-state index contributed by atoms with van der Waals surface area (Å²) in [4.78, 5) is 10.6. The molecule has 0 spiro atoms. The molecule has 102 valence electrons. The summed E-state index contributed by atoms with van der Waals surface area (Å²) in [6, 6.07) is 0. The highest BCUT2D eigenvalue weighted by molar-refractivity contribution is 7.87. The van der Waals surface area contributed by atoms with Gasteiger partial charge in [0.1, 0.15) is 0 Å². The minimum absolute atomic E-state index is 0.0223. The molecule has 17 heavy (non-hydrogen) atoms. The minimum atomic E-state index is -5.87. The van der Waals surface area contributed by atoms with Crippen molar-refractivity contribution >= 4 is 16.1 Å². The largest absolute Gasteiger partial charge is 0.523 e. The van der Waals surface area contributed by atoms with Crippen LogP contribution in [0.2, 0.25) is 0 Å². The lowest BCUT2D eigenvalue weighted by Crippen LogP contribution is -2.34. The fourth-order valence-electron chi connectivity index (χ4n) is 0.905. The Morgan fingerprint density at radius 1 is 1.29 bits per heavy atom. The highest BCUT2D eigenvalue weighted by atomic mass is 32.2. The molecule has 0 fully saturated rings. The zero-order chi connectivity index (χ0) is 13.9. The third-order valence-electron chi connectivity index (χ3n) is 1.81. The summed E-state index contributed by atoms with van der Waals surface area (Å²) in [5.74, 6) is -1.72. The summed E-state index contributed by atoms with van der Waals surface area (Å²) in [6.07, 6.45) is -2.07. The molecule has 0 rings (SSSR count). The van der Waals surface area contributed by atoms with Crippen molar-refractivity contribution in [1.82, 2.24) is 0 Å². The molecule has 0 unspecified atom stereocenters. The Balaban J connectivity index is 4.73. The molecule has 0 amide bonds. The van der Waals surface area contributed by atoms with Gasteiger partial charge in [0.15, 0.2) is 6.10 Å². The van der Waals surface area contributed by atoms with Crippen LogP contribution in [0, 0.1) is 5.92 Å². The van der Waals surface area contributed by atoms with E-state index in [0.717, 1.165) is 0 Å². The molecule has 9 heteroatoms. The van der Waals surface area contributed by atoms with Crippen LogP contribution in [-0.4, -0.2) is 31.1 Å². The Kier molecular flexibility index (Phi) is 5.40. The third-order valence-corrected chi connectivity index (χ3v) is 2.86. The van der Waals surface area contributed by atoms with E-state index in [1.165, 1.54) is 0 Å². The average molecular weight is 278 g/mol. The van der Waals surface area contributed by atoms with Gasteiger partial charge in [0.2, 0.25) is 0 Å². The SMILES string of the molecule is CC(C)CC[C@@H](OS(=O)(=O)C(F)(F)F)C(=O)O. The highest BCUT2D eigenvalue weighted by Crippen LogP contribution is 2.26. The number of carboxylic acid groups (broad SMARTS) is 1. The Labute approximate surface area is 96.7 Å². The fraction of sp³-hybridized carbons (Fsp3) is 0.875. The van der Waals surface area contributed by atoms with E-state index >= 15 is 0 Å². The Morgan fingerprint density at radius 2 is 1.76 bits per heavy atom. The molecule has 0 saturated heterocycles. The van der Waals surface area contributed by atoms with Crippen molar-refractivity contribution in [3.8, 4) is 0 Å². The van der Waals surface area contributed by atoms with Gasteiger partial charge in [-0.1, -0.05) is 13.8 Å². The zero-order valence-corrected chi connectivity index (χ0v) is 10.0. The van der Waals surface area contributed by atoms with Gasteiger partial charge >= 0.3 is 21.6 Å². The summed E-state index contributed by atoms with van der Waals surface area (Å²) in [6.45, 7) is 3.44. The van der Waals surface area contributed by atoms with Crippen molar-refractivity contribution < 1.29 is 35.7 Å². The van der Waals surface area contributed by atoms with E-state index in [2.05, 4.69) is 4.18 Å². The minimum Gasteiger partial charge on any atom is -0.479 e. The van der Waals surface area contributed by atoms with Crippen LogP contribution in [0.1, 0.15) is 26.7 Å². The molecular weight excluding hydrogens is 265 g/mol. The normalized spacial score (nSPS) is 14.9. The Morgan fingerprint density at radius 3 is 2.06 bits per heavy atom. The van der Waals surface area contributed by atoms with Gasteiger partial charge in [-0.05, 0) is 18.8 Å². The van der Waals surface area contributed by atoms with Crippen molar-refractivity contribution in [3.63, 3.8) is 0 Å². The molecule has 0 aliphatic rings. The lowest BCUT2D eigenvalue weighted by Gasteiger charge is -2.15. The molecule has 0 aromatic rings. The molecular formula is C8H13F3O5S. The topological polar surface area (TPSA) is 80.7 Å². The van der Waals surface area contributed by atoms with Crippen molar-refractivity contribution in [3.05, 3.63) is 0 Å². The summed E-state index contributed by atoms with van der Waals surface area (Å²) in [5, 5.41) is 8.56. The van der Waals surface area contributed by atoms with Gasteiger partial charge in [-0.3, -0.25) is 0 Å². The molecule has 0 aromatic heterocycles. The Bertz CT molecular complexity index is 360. The monoisotopic (exact) mass is 278 g/mol. The van der Waals surface area contributed by atoms with E-state index in [-0.39, 0.29) is 18.8 Å². The average Bonchev–Trinajstić information content (AvgIpc) is 2.09. The molecule has 0 aliphatic heterocycles. The van der Waals surface area contributed by atoms with Crippen LogP contribution in [0.5, 0.6) is 0 Å². The molecule has 0 aliphatic carbocycles. The van der Waals surface area contributed by atoms with E-state index in [4.69, 9.17) is 5.11 Å². The van der Waals surface area contributed by atoms with Crippen LogP contribution in [0.3, 0.4) is 0 Å². The van der Waals surface area contributed by atoms with E-state index in [1.54, 1.807) is 13.8 Å². The quantitative estimate of drug-likeness (QED) is 0.591. The predicted octanol–water partition coefficient (Wildman–Crippen LogP) is 1.74. The van der Waals surface area contributed by atoms with Gasteiger partial charge in [0, 0.05) is 0 Å². The molecule has 1 N–H and O–H groups in total. The van der Waals surface area contributed by atoms with Crippen molar-refractivity contribution in [2.75, 3.05) is 0 Å². The standard InChI is InChI=1S/C8H13F3O5S/c1-5(2)3-4-6(7(12)13)16-17(14,15)8(9,10)11/h5-6H,3-4H2,1-2H3,(H,12,13)/t6-/m1/s1. The maximum Gasteiger partial charge on any atom is 0.523 e. The summed E-state index contributed by atoms with van der Waals surface area (Å²) < 4.78 is 60.7. The van der Waals surface area contributed by atoms with Gasteiger partial charge in [-0.2, -0.15) is 21.6 Å². The molecule has 0 heterocycles. The second kappa shape index (κ2) is 5.67. The van der Waals surface area contributed by atoms with Gasteiger partial charge in [0.25, 0.3) is 0 Å². The molecule has 5 nitrogen and oxygen atoms in total. The van der Waals surface area contributed by atoms with E-state index in [9.17, 15) is 26.4 Å². The van der Waals surface area contributed by atoms with Gasteiger partial charge in [0.05, 0.1) is 0 Å².